The molecule has 0 aliphatic heterocycles. The number of carboxylic acids is 1. The number of nitrogens with one attached hydrogen (secondary N) is 2. The summed E-state index contributed by atoms with van der Waals surface area (Å²) in [6, 6.07) is 14.9. The molecule has 0 heterocycles. The SMILES string of the molecule is CCCC[C@H](CC(=O)N[C@@H](CCC)C(=O)O)NC(=O)OCC1c2ccccc2-c2ccccc21. The van der Waals surface area contributed by atoms with Crippen LogP contribution in [0.1, 0.15) is 69.4 Å². The van der Waals surface area contributed by atoms with Gasteiger partial charge in [-0.1, -0.05) is 81.6 Å². The molecule has 0 saturated carbocycles. The Hall–Kier alpha value is -3.35. The van der Waals surface area contributed by atoms with Gasteiger partial charge in [-0.25, -0.2) is 9.59 Å². The van der Waals surface area contributed by atoms with Gasteiger partial charge >= 0.3 is 12.1 Å². The standard InChI is InChI=1S/C27H34N2O5/c1-3-5-11-18(16-25(30)29-24(10-4-2)26(31)32)28-27(33)34-17-23-21-14-8-6-12-19(21)20-13-7-9-15-22(20)23/h6-9,12-15,18,23-24H,3-5,10-11,16-17H2,1-2H3,(H,28,33)(H,29,30)(H,31,32)/t18-,24+/m1/s1. The van der Waals surface area contributed by atoms with Gasteiger partial charge in [0.15, 0.2) is 0 Å². The van der Waals surface area contributed by atoms with Crippen molar-refractivity contribution in [2.24, 2.45) is 0 Å². The van der Waals surface area contributed by atoms with E-state index in [9.17, 15) is 19.5 Å². The number of carboxylic acid groups (broad SMARTS) is 1. The van der Waals surface area contributed by atoms with Crippen molar-refractivity contribution in [3.05, 3.63) is 59.7 Å². The number of rotatable bonds is 12. The minimum absolute atomic E-state index is 0.0116. The van der Waals surface area contributed by atoms with Gasteiger partial charge in [0.25, 0.3) is 0 Å². The molecule has 1 aliphatic rings. The Kier molecular flexibility index (Phi) is 9.08. The summed E-state index contributed by atoms with van der Waals surface area (Å²) >= 11 is 0. The highest BCUT2D eigenvalue weighted by Gasteiger charge is 2.29. The molecule has 2 aromatic rings. The van der Waals surface area contributed by atoms with Crippen molar-refractivity contribution in [2.75, 3.05) is 6.61 Å². The number of hydrogen-bond donors (Lipinski definition) is 3. The molecule has 3 rings (SSSR count). The molecule has 0 unspecified atom stereocenters. The summed E-state index contributed by atoms with van der Waals surface area (Å²) in [5.74, 6) is -1.48. The molecule has 0 bridgehead atoms. The number of carbonyl (C=O) groups excluding carboxylic acids is 2. The zero-order valence-electron chi connectivity index (χ0n) is 19.9. The molecule has 0 radical (unpaired) electrons. The third-order valence-electron chi connectivity index (χ3n) is 6.21. The molecule has 34 heavy (non-hydrogen) atoms. The number of unbranched alkanes of at least 4 members (excludes halogenated alkanes) is 1. The zero-order valence-corrected chi connectivity index (χ0v) is 19.9. The van der Waals surface area contributed by atoms with E-state index < -0.39 is 24.1 Å². The molecule has 182 valence electrons. The van der Waals surface area contributed by atoms with Crippen LogP contribution in [0.25, 0.3) is 11.1 Å². The first-order chi connectivity index (χ1) is 16.4. The molecule has 2 amide bonds. The molecule has 0 spiro atoms. The number of fused-ring (bicyclic) bond motifs is 3. The molecule has 7 heteroatoms. The fourth-order valence-electron chi connectivity index (χ4n) is 4.51. The highest BCUT2D eigenvalue weighted by molar-refractivity contribution is 5.84. The summed E-state index contributed by atoms with van der Waals surface area (Å²) in [4.78, 5) is 36.5. The minimum atomic E-state index is -1.05. The molecule has 0 saturated heterocycles. The van der Waals surface area contributed by atoms with Crippen molar-refractivity contribution in [1.29, 1.82) is 0 Å². The first-order valence-electron chi connectivity index (χ1n) is 12.1. The van der Waals surface area contributed by atoms with Crippen LogP contribution in [0, 0.1) is 0 Å². The van der Waals surface area contributed by atoms with Crippen LogP contribution in [-0.2, 0) is 14.3 Å². The van der Waals surface area contributed by atoms with E-state index >= 15 is 0 Å². The number of benzene rings is 2. The van der Waals surface area contributed by atoms with Gasteiger partial charge in [-0.05, 0) is 35.1 Å². The molecular formula is C27H34N2O5. The number of carbonyl (C=O) groups is 3. The minimum Gasteiger partial charge on any atom is -0.480 e. The van der Waals surface area contributed by atoms with E-state index in [0.717, 1.165) is 35.1 Å². The van der Waals surface area contributed by atoms with Crippen LogP contribution in [0.5, 0.6) is 0 Å². The van der Waals surface area contributed by atoms with Gasteiger partial charge < -0.3 is 20.5 Å². The van der Waals surface area contributed by atoms with Crippen molar-refractivity contribution >= 4 is 18.0 Å². The van der Waals surface area contributed by atoms with Crippen LogP contribution in [0.3, 0.4) is 0 Å². The van der Waals surface area contributed by atoms with Gasteiger partial charge in [0.2, 0.25) is 5.91 Å². The highest BCUT2D eigenvalue weighted by atomic mass is 16.5. The van der Waals surface area contributed by atoms with Gasteiger partial charge in [-0.15, -0.1) is 0 Å². The first kappa shape index (κ1) is 25.3. The number of aliphatic carboxylic acids is 1. The number of alkyl carbamates (subject to hydrolysis) is 1. The summed E-state index contributed by atoms with van der Waals surface area (Å²) in [5, 5.41) is 14.7. The van der Waals surface area contributed by atoms with E-state index in [0.29, 0.717) is 19.3 Å². The van der Waals surface area contributed by atoms with Crippen LogP contribution >= 0.6 is 0 Å². The molecular weight excluding hydrogens is 432 g/mol. The number of amides is 2. The van der Waals surface area contributed by atoms with Crippen LogP contribution < -0.4 is 10.6 Å². The molecule has 0 aromatic heterocycles. The molecule has 2 atom stereocenters. The summed E-state index contributed by atoms with van der Waals surface area (Å²) in [5.41, 5.74) is 4.58. The monoisotopic (exact) mass is 466 g/mol. The van der Waals surface area contributed by atoms with Crippen LogP contribution in [-0.4, -0.2) is 41.8 Å². The van der Waals surface area contributed by atoms with Gasteiger partial charge in [-0.2, -0.15) is 0 Å². The summed E-state index contributed by atoms with van der Waals surface area (Å²) < 4.78 is 5.61. The average Bonchev–Trinajstić information content (AvgIpc) is 3.14. The molecule has 3 N–H and O–H groups in total. The Balaban J connectivity index is 1.60. The van der Waals surface area contributed by atoms with Crippen molar-refractivity contribution < 1.29 is 24.2 Å². The van der Waals surface area contributed by atoms with Crippen LogP contribution in [0.4, 0.5) is 4.79 Å². The maximum Gasteiger partial charge on any atom is 0.407 e. The zero-order chi connectivity index (χ0) is 24.5. The quantitative estimate of drug-likeness (QED) is 0.415. The van der Waals surface area contributed by atoms with E-state index in [4.69, 9.17) is 4.74 Å². The lowest BCUT2D eigenvalue weighted by molar-refractivity contribution is -0.142. The molecule has 7 nitrogen and oxygen atoms in total. The molecule has 2 aromatic carbocycles. The Bertz CT molecular complexity index is 961. The molecule has 0 fully saturated rings. The summed E-state index contributed by atoms with van der Waals surface area (Å²) in [7, 11) is 0. The van der Waals surface area contributed by atoms with E-state index in [1.165, 1.54) is 0 Å². The van der Waals surface area contributed by atoms with Crippen molar-refractivity contribution in [1.82, 2.24) is 10.6 Å². The Morgan fingerprint density at radius 1 is 0.912 bits per heavy atom. The van der Waals surface area contributed by atoms with Crippen molar-refractivity contribution in [3.8, 4) is 11.1 Å². The maximum absolute atomic E-state index is 12.7. The Morgan fingerprint density at radius 3 is 2.09 bits per heavy atom. The lowest BCUT2D eigenvalue weighted by atomic mass is 9.98. The second-order valence-corrected chi connectivity index (χ2v) is 8.76. The first-order valence-corrected chi connectivity index (χ1v) is 12.1. The predicted molar refractivity (Wildman–Crippen MR) is 131 cm³/mol. The maximum atomic E-state index is 12.7. The fraction of sp³-hybridized carbons (Fsp3) is 0.444. The third-order valence-corrected chi connectivity index (χ3v) is 6.21. The van der Waals surface area contributed by atoms with Crippen LogP contribution in [0.15, 0.2) is 48.5 Å². The predicted octanol–water partition coefficient (Wildman–Crippen LogP) is 4.84. The van der Waals surface area contributed by atoms with Gasteiger partial charge in [-0.3, -0.25) is 4.79 Å². The van der Waals surface area contributed by atoms with Gasteiger partial charge in [0, 0.05) is 18.4 Å². The Labute approximate surface area is 200 Å². The van der Waals surface area contributed by atoms with E-state index in [1.54, 1.807) is 0 Å². The highest BCUT2D eigenvalue weighted by Crippen LogP contribution is 2.44. The topological polar surface area (TPSA) is 105 Å². The van der Waals surface area contributed by atoms with Gasteiger partial charge in [0.05, 0.1) is 0 Å². The second kappa shape index (κ2) is 12.2. The lowest BCUT2D eigenvalue weighted by Gasteiger charge is -2.21. The van der Waals surface area contributed by atoms with Crippen molar-refractivity contribution in [3.63, 3.8) is 0 Å². The van der Waals surface area contributed by atoms with Gasteiger partial charge in [0.1, 0.15) is 12.6 Å². The molecule has 1 aliphatic carbocycles. The normalized spacial score (nSPS) is 13.9. The number of ether oxygens (including phenoxy) is 1. The fourth-order valence-corrected chi connectivity index (χ4v) is 4.51. The number of hydrogen-bond acceptors (Lipinski definition) is 4. The van der Waals surface area contributed by atoms with E-state index in [-0.39, 0.29) is 24.9 Å². The average molecular weight is 467 g/mol. The second-order valence-electron chi connectivity index (χ2n) is 8.76. The largest absolute Gasteiger partial charge is 0.480 e. The summed E-state index contributed by atoms with van der Waals surface area (Å²) in [6.07, 6.45) is 2.81. The van der Waals surface area contributed by atoms with E-state index in [2.05, 4.69) is 34.9 Å². The third kappa shape index (κ3) is 6.37. The van der Waals surface area contributed by atoms with Crippen molar-refractivity contribution in [2.45, 2.75) is 70.4 Å². The summed E-state index contributed by atoms with van der Waals surface area (Å²) in [6.45, 7) is 4.10. The van der Waals surface area contributed by atoms with Crippen LogP contribution in [0.2, 0.25) is 0 Å². The smallest absolute Gasteiger partial charge is 0.407 e. The lowest BCUT2D eigenvalue weighted by Crippen LogP contribution is -2.44. The van der Waals surface area contributed by atoms with E-state index in [1.807, 2.05) is 38.1 Å². The Morgan fingerprint density at radius 2 is 1.53 bits per heavy atom.